The first-order valence-corrected chi connectivity index (χ1v) is 11.4. The lowest BCUT2D eigenvalue weighted by atomic mass is 9.86. The van der Waals surface area contributed by atoms with E-state index in [1.54, 1.807) is 9.80 Å². The van der Waals surface area contributed by atoms with Crippen molar-refractivity contribution in [2.45, 2.75) is 63.8 Å². The zero-order valence-electron chi connectivity index (χ0n) is 18.2. The molecule has 1 N–H and O–H groups in total. The standard InChI is InChI=1S/C22H27F6N3OS/c1-14-13-30(19(32)9-15-5-3-2-4-6-15)7-8-31(14)20(33)29-18-11-16(21(23,24)25)10-17(12-18)22(26,27)28/h10-12,14-15H,2-9,13H2,1H3,(H,29,33). The van der Waals surface area contributed by atoms with Crippen LogP contribution in [-0.4, -0.2) is 46.5 Å². The Balaban J connectivity index is 1.64. The molecule has 0 spiro atoms. The topological polar surface area (TPSA) is 35.6 Å². The number of carbonyl (C=O) groups is 1. The summed E-state index contributed by atoms with van der Waals surface area (Å²) in [6.45, 7) is 2.95. The summed E-state index contributed by atoms with van der Waals surface area (Å²) in [7, 11) is 0. The molecule has 2 fully saturated rings. The highest BCUT2D eigenvalue weighted by Gasteiger charge is 2.37. The Hall–Kier alpha value is -2.04. The Morgan fingerprint density at radius 2 is 1.58 bits per heavy atom. The first-order valence-electron chi connectivity index (χ1n) is 11.0. The molecule has 1 saturated heterocycles. The number of carbonyl (C=O) groups excluding carboxylic acids is 1. The second kappa shape index (κ2) is 10.1. The van der Waals surface area contributed by atoms with Crippen molar-refractivity contribution in [3.05, 3.63) is 29.3 Å². The summed E-state index contributed by atoms with van der Waals surface area (Å²) in [4.78, 5) is 16.1. The fourth-order valence-electron chi connectivity index (χ4n) is 4.48. The fraction of sp³-hybridized carbons (Fsp3) is 0.636. The molecule has 3 rings (SSSR count). The van der Waals surface area contributed by atoms with Crippen molar-refractivity contribution in [1.29, 1.82) is 0 Å². The van der Waals surface area contributed by atoms with Crippen LogP contribution in [0, 0.1) is 5.92 Å². The number of alkyl halides is 6. The normalized spacial score (nSPS) is 20.6. The van der Waals surface area contributed by atoms with Gasteiger partial charge in [-0.15, -0.1) is 0 Å². The highest BCUT2D eigenvalue weighted by molar-refractivity contribution is 7.80. The lowest BCUT2D eigenvalue weighted by Crippen LogP contribution is -2.56. The van der Waals surface area contributed by atoms with E-state index in [0.717, 1.165) is 25.7 Å². The number of nitrogens with one attached hydrogen (secondary N) is 1. The van der Waals surface area contributed by atoms with E-state index in [-0.39, 0.29) is 28.8 Å². The first kappa shape index (κ1) is 25.6. The van der Waals surface area contributed by atoms with Crippen LogP contribution in [0.5, 0.6) is 0 Å². The molecule has 2 aliphatic rings. The maximum atomic E-state index is 13.1. The lowest BCUT2D eigenvalue weighted by Gasteiger charge is -2.41. The average molecular weight is 496 g/mol. The van der Waals surface area contributed by atoms with Crippen molar-refractivity contribution in [2.24, 2.45) is 5.92 Å². The number of nitrogens with zero attached hydrogens (tertiary/aromatic N) is 2. The van der Waals surface area contributed by atoms with Gasteiger partial charge in [0.2, 0.25) is 5.91 Å². The van der Waals surface area contributed by atoms with E-state index in [1.807, 2.05) is 6.92 Å². The van der Waals surface area contributed by atoms with Crippen molar-refractivity contribution >= 4 is 28.9 Å². The molecule has 1 heterocycles. The van der Waals surface area contributed by atoms with Crippen LogP contribution in [0.15, 0.2) is 18.2 Å². The van der Waals surface area contributed by atoms with Gasteiger partial charge in [-0.25, -0.2) is 0 Å². The molecule has 11 heteroatoms. The number of thiocarbonyl (C=S) groups is 1. The Kier molecular flexibility index (Phi) is 7.80. The molecule has 1 atom stereocenters. The third kappa shape index (κ3) is 6.74. The molecule has 1 saturated carbocycles. The Morgan fingerprint density at radius 3 is 2.09 bits per heavy atom. The van der Waals surface area contributed by atoms with Crippen LogP contribution in [0.25, 0.3) is 0 Å². The van der Waals surface area contributed by atoms with Gasteiger partial charge >= 0.3 is 12.4 Å². The number of hydrogen-bond acceptors (Lipinski definition) is 2. The van der Waals surface area contributed by atoms with Crippen LogP contribution in [0.1, 0.15) is 56.6 Å². The van der Waals surface area contributed by atoms with Crippen molar-refractivity contribution in [2.75, 3.05) is 25.0 Å². The quantitative estimate of drug-likeness (QED) is 0.417. The molecule has 1 aliphatic carbocycles. The largest absolute Gasteiger partial charge is 0.416 e. The van der Waals surface area contributed by atoms with Crippen molar-refractivity contribution in [3.63, 3.8) is 0 Å². The second-order valence-corrected chi connectivity index (χ2v) is 9.20. The highest BCUT2D eigenvalue weighted by Crippen LogP contribution is 2.37. The summed E-state index contributed by atoms with van der Waals surface area (Å²) < 4.78 is 78.6. The molecule has 4 nitrogen and oxygen atoms in total. The Morgan fingerprint density at radius 1 is 1.00 bits per heavy atom. The minimum absolute atomic E-state index is 0.0225. The van der Waals surface area contributed by atoms with Gasteiger partial charge in [-0.1, -0.05) is 19.3 Å². The zero-order valence-corrected chi connectivity index (χ0v) is 19.0. The predicted octanol–water partition coefficient (Wildman–Crippen LogP) is 5.92. The summed E-state index contributed by atoms with van der Waals surface area (Å²) in [5, 5.41) is 2.55. The van der Waals surface area contributed by atoms with Crippen molar-refractivity contribution in [3.8, 4) is 0 Å². The molecular weight excluding hydrogens is 468 g/mol. The number of halogens is 6. The summed E-state index contributed by atoms with van der Waals surface area (Å²) >= 11 is 5.29. The van der Waals surface area contributed by atoms with Crippen LogP contribution >= 0.6 is 12.2 Å². The summed E-state index contributed by atoms with van der Waals surface area (Å²) in [5.74, 6) is 0.492. The van der Waals surface area contributed by atoms with Gasteiger partial charge in [0.1, 0.15) is 0 Å². The molecule has 0 bridgehead atoms. The van der Waals surface area contributed by atoms with Gasteiger partial charge in [-0.2, -0.15) is 26.3 Å². The van der Waals surface area contributed by atoms with Crippen molar-refractivity contribution < 1.29 is 31.1 Å². The summed E-state index contributed by atoms with van der Waals surface area (Å²) in [5.41, 5.74) is -3.20. The maximum absolute atomic E-state index is 13.1. The smallest absolute Gasteiger partial charge is 0.343 e. The second-order valence-electron chi connectivity index (χ2n) is 8.82. The van der Waals surface area contributed by atoms with E-state index in [1.165, 1.54) is 6.42 Å². The van der Waals surface area contributed by atoms with Crippen LogP contribution in [0.4, 0.5) is 32.0 Å². The third-order valence-corrected chi connectivity index (χ3v) is 6.60. The number of amides is 1. The minimum atomic E-state index is -4.93. The summed E-state index contributed by atoms with van der Waals surface area (Å²) in [6, 6.07) is 1.06. The molecule has 0 radical (unpaired) electrons. The van der Waals surface area contributed by atoms with E-state index in [2.05, 4.69) is 5.32 Å². The minimum Gasteiger partial charge on any atom is -0.343 e. The van der Waals surface area contributed by atoms with E-state index < -0.39 is 23.5 Å². The number of anilines is 1. The first-order chi connectivity index (χ1) is 15.3. The number of hydrogen-bond donors (Lipinski definition) is 1. The van der Waals surface area contributed by atoms with Gasteiger partial charge in [0, 0.05) is 37.8 Å². The van der Waals surface area contributed by atoms with Gasteiger partial charge in [0.25, 0.3) is 0 Å². The van der Waals surface area contributed by atoms with Crippen LogP contribution in [-0.2, 0) is 17.1 Å². The van der Waals surface area contributed by atoms with Gasteiger partial charge < -0.3 is 15.1 Å². The van der Waals surface area contributed by atoms with Gasteiger partial charge in [0.05, 0.1) is 11.1 Å². The van der Waals surface area contributed by atoms with Crippen molar-refractivity contribution in [1.82, 2.24) is 9.80 Å². The molecule has 0 aromatic heterocycles. The molecule has 1 aromatic rings. The van der Waals surface area contributed by atoms with Crippen LogP contribution < -0.4 is 5.32 Å². The summed E-state index contributed by atoms with van der Waals surface area (Å²) in [6.07, 6.45) is -3.73. The zero-order chi connectivity index (χ0) is 24.4. The average Bonchev–Trinajstić information content (AvgIpc) is 2.72. The van der Waals surface area contributed by atoms with Gasteiger partial charge in [-0.3, -0.25) is 4.79 Å². The van der Waals surface area contributed by atoms with E-state index >= 15 is 0 Å². The molecule has 1 unspecified atom stereocenters. The third-order valence-electron chi connectivity index (χ3n) is 6.27. The lowest BCUT2D eigenvalue weighted by molar-refractivity contribution is -0.143. The molecule has 33 heavy (non-hydrogen) atoms. The predicted molar refractivity (Wildman–Crippen MR) is 117 cm³/mol. The molecule has 1 aromatic carbocycles. The van der Waals surface area contributed by atoms with Gasteiger partial charge in [-0.05, 0) is 56.1 Å². The maximum Gasteiger partial charge on any atom is 0.416 e. The monoisotopic (exact) mass is 495 g/mol. The van der Waals surface area contributed by atoms with Crippen LogP contribution in [0.2, 0.25) is 0 Å². The number of benzene rings is 1. The molecular formula is C22H27F6N3OS. The molecule has 1 amide bonds. The van der Waals surface area contributed by atoms with E-state index in [9.17, 15) is 31.1 Å². The molecule has 184 valence electrons. The fourth-order valence-corrected chi connectivity index (χ4v) is 4.86. The SMILES string of the molecule is CC1CN(C(=O)CC2CCCCC2)CCN1C(=S)Nc1cc(C(F)(F)F)cc(C(F)(F)F)c1. The van der Waals surface area contributed by atoms with Crippen LogP contribution in [0.3, 0.4) is 0 Å². The number of piperazine rings is 1. The molecule has 1 aliphatic heterocycles. The van der Waals surface area contributed by atoms with E-state index in [0.29, 0.717) is 44.1 Å². The van der Waals surface area contributed by atoms with Gasteiger partial charge in [0.15, 0.2) is 5.11 Å². The highest BCUT2D eigenvalue weighted by atomic mass is 32.1. The van der Waals surface area contributed by atoms with E-state index in [4.69, 9.17) is 12.2 Å². The Bertz CT molecular complexity index is 834. The number of rotatable bonds is 3. The Labute approximate surface area is 194 Å².